The van der Waals surface area contributed by atoms with Crippen LogP contribution in [0.2, 0.25) is 0 Å². The van der Waals surface area contributed by atoms with Crippen molar-refractivity contribution >= 4 is 11.6 Å². The van der Waals surface area contributed by atoms with Gasteiger partial charge in [0.2, 0.25) is 0 Å². The van der Waals surface area contributed by atoms with Gasteiger partial charge in [0.1, 0.15) is 5.69 Å². The van der Waals surface area contributed by atoms with Gasteiger partial charge in [-0.25, -0.2) is 0 Å². The maximum atomic E-state index is 11.3. The lowest BCUT2D eigenvalue weighted by Gasteiger charge is -2.01. The second-order valence-corrected chi connectivity index (χ2v) is 2.73. The quantitative estimate of drug-likeness (QED) is 0.662. The third-order valence-electron chi connectivity index (χ3n) is 1.76. The monoisotopic (exact) mass is 177 g/mol. The van der Waals surface area contributed by atoms with Crippen molar-refractivity contribution in [3.8, 4) is 0 Å². The van der Waals surface area contributed by atoms with Gasteiger partial charge in [-0.05, 0) is 12.1 Å². The second-order valence-electron chi connectivity index (χ2n) is 2.73. The third-order valence-corrected chi connectivity index (χ3v) is 1.76. The average Bonchev–Trinajstić information content (AvgIpc) is 2.16. The molecule has 0 amide bonds. The molecule has 0 aliphatic carbocycles. The first-order valence-electron chi connectivity index (χ1n) is 4.16. The molecule has 0 atom stereocenters. The van der Waals surface area contributed by atoms with Gasteiger partial charge in [0.15, 0.2) is 11.6 Å². The smallest absolute Gasteiger partial charge is 0.178 e. The Bertz CT molecular complexity index is 345. The molecule has 0 N–H and O–H groups in total. The van der Waals surface area contributed by atoms with Gasteiger partial charge in [0.25, 0.3) is 0 Å². The van der Waals surface area contributed by atoms with Crippen LogP contribution in [0.1, 0.15) is 41.1 Å². The Labute approximate surface area is 76.8 Å². The number of carbonyl (C=O) groups excluding carboxylic acids is 2. The summed E-state index contributed by atoms with van der Waals surface area (Å²) in [5.74, 6) is -0.212. The number of Topliss-reactive ketones (excluding diaryl/α,β-unsaturated/α-hetero) is 2. The normalized spacial score (nSPS) is 9.69. The fourth-order valence-electron chi connectivity index (χ4n) is 1.10. The number of aromatic nitrogens is 1. The van der Waals surface area contributed by atoms with Gasteiger partial charge in [-0.1, -0.05) is 6.92 Å². The van der Waals surface area contributed by atoms with E-state index in [2.05, 4.69) is 4.98 Å². The van der Waals surface area contributed by atoms with E-state index in [9.17, 15) is 9.59 Å². The molecule has 0 fully saturated rings. The van der Waals surface area contributed by atoms with Crippen molar-refractivity contribution in [2.75, 3.05) is 0 Å². The summed E-state index contributed by atoms with van der Waals surface area (Å²) in [6, 6.07) is 3.30. The largest absolute Gasteiger partial charge is 0.294 e. The standard InChI is InChI=1S/C10H11NO2/c1-3-9(13)8-5-4-6-11-10(8)7(2)12/h4-6H,3H2,1-2H3. The number of hydrogen-bond donors (Lipinski definition) is 0. The van der Waals surface area contributed by atoms with Crippen LogP contribution < -0.4 is 0 Å². The van der Waals surface area contributed by atoms with Gasteiger partial charge < -0.3 is 0 Å². The van der Waals surface area contributed by atoms with Gasteiger partial charge in [-0.15, -0.1) is 0 Å². The molecule has 0 aliphatic heterocycles. The summed E-state index contributed by atoms with van der Waals surface area (Å²) in [7, 11) is 0. The lowest BCUT2D eigenvalue weighted by molar-refractivity contribution is 0.0963. The molecule has 1 aromatic rings. The lowest BCUT2D eigenvalue weighted by atomic mass is 10.1. The van der Waals surface area contributed by atoms with E-state index in [1.165, 1.54) is 13.1 Å². The van der Waals surface area contributed by atoms with Crippen LogP contribution in [0.4, 0.5) is 0 Å². The van der Waals surface area contributed by atoms with E-state index in [1.54, 1.807) is 19.1 Å². The van der Waals surface area contributed by atoms with Crippen molar-refractivity contribution in [2.24, 2.45) is 0 Å². The highest BCUT2D eigenvalue weighted by atomic mass is 16.1. The van der Waals surface area contributed by atoms with Crippen molar-refractivity contribution in [2.45, 2.75) is 20.3 Å². The SMILES string of the molecule is CCC(=O)c1cccnc1C(C)=O. The number of carbonyl (C=O) groups is 2. The minimum absolute atomic E-state index is 0.0432. The van der Waals surface area contributed by atoms with E-state index in [0.717, 1.165) is 0 Å². The van der Waals surface area contributed by atoms with Crippen LogP contribution in [0.15, 0.2) is 18.3 Å². The lowest BCUT2D eigenvalue weighted by Crippen LogP contribution is -2.07. The molecule has 0 saturated heterocycles. The number of hydrogen-bond acceptors (Lipinski definition) is 3. The molecule has 0 bridgehead atoms. The van der Waals surface area contributed by atoms with Gasteiger partial charge in [0, 0.05) is 25.1 Å². The molecular formula is C10H11NO2. The number of pyridine rings is 1. The summed E-state index contributed by atoms with van der Waals surface area (Å²) in [5, 5.41) is 0. The van der Waals surface area contributed by atoms with Crippen molar-refractivity contribution in [1.29, 1.82) is 0 Å². The first-order valence-corrected chi connectivity index (χ1v) is 4.16. The Hall–Kier alpha value is -1.51. The highest BCUT2D eigenvalue weighted by molar-refractivity contribution is 6.06. The van der Waals surface area contributed by atoms with Crippen LogP contribution in [0, 0.1) is 0 Å². The van der Waals surface area contributed by atoms with Crippen molar-refractivity contribution in [1.82, 2.24) is 4.98 Å². The molecule has 0 radical (unpaired) electrons. The molecule has 0 aromatic carbocycles. The molecule has 1 aromatic heterocycles. The highest BCUT2D eigenvalue weighted by Gasteiger charge is 2.12. The Morgan fingerprint density at radius 2 is 2.15 bits per heavy atom. The predicted octanol–water partition coefficient (Wildman–Crippen LogP) is 1.88. The molecule has 68 valence electrons. The molecule has 0 unspecified atom stereocenters. The van der Waals surface area contributed by atoms with Gasteiger partial charge in [0.05, 0.1) is 0 Å². The minimum Gasteiger partial charge on any atom is -0.294 e. The van der Waals surface area contributed by atoms with E-state index in [4.69, 9.17) is 0 Å². The van der Waals surface area contributed by atoms with Crippen LogP contribution in [0.3, 0.4) is 0 Å². The fraction of sp³-hybridized carbons (Fsp3) is 0.300. The molecular weight excluding hydrogens is 166 g/mol. The van der Waals surface area contributed by atoms with Crippen LogP contribution >= 0.6 is 0 Å². The first kappa shape index (κ1) is 9.58. The van der Waals surface area contributed by atoms with Gasteiger partial charge in [-0.2, -0.15) is 0 Å². The second kappa shape index (κ2) is 3.94. The summed E-state index contributed by atoms with van der Waals surface area (Å²) in [6.07, 6.45) is 1.91. The average molecular weight is 177 g/mol. The van der Waals surface area contributed by atoms with Crippen molar-refractivity contribution in [3.05, 3.63) is 29.6 Å². The van der Waals surface area contributed by atoms with E-state index < -0.39 is 0 Å². The zero-order valence-corrected chi connectivity index (χ0v) is 7.70. The summed E-state index contributed by atoms with van der Waals surface area (Å²) in [6.45, 7) is 3.17. The Morgan fingerprint density at radius 1 is 1.46 bits per heavy atom. The number of rotatable bonds is 3. The van der Waals surface area contributed by atoms with Crippen LogP contribution in [-0.2, 0) is 0 Å². The van der Waals surface area contributed by atoms with E-state index in [0.29, 0.717) is 12.0 Å². The van der Waals surface area contributed by atoms with E-state index in [1.807, 2.05) is 0 Å². The zero-order chi connectivity index (χ0) is 9.84. The first-order chi connectivity index (χ1) is 6.16. The van der Waals surface area contributed by atoms with E-state index in [-0.39, 0.29) is 17.3 Å². The molecule has 0 spiro atoms. The number of nitrogens with zero attached hydrogens (tertiary/aromatic N) is 1. The van der Waals surface area contributed by atoms with Crippen LogP contribution in [0.5, 0.6) is 0 Å². The third kappa shape index (κ3) is 1.99. The molecule has 3 heteroatoms. The minimum atomic E-state index is -0.169. The fourth-order valence-corrected chi connectivity index (χ4v) is 1.10. The maximum Gasteiger partial charge on any atom is 0.178 e. The van der Waals surface area contributed by atoms with Crippen LogP contribution in [-0.4, -0.2) is 16.6 Å². The molecule has 0 saturated carbocycles. The molecule has 3 nitrogen and oxygen atoms in total. The summed E-state index contributed by atoms with van der Waals surface area (Å²) in [4.78, 5) is 26.3. The molecule has 0 aliphatic rings. The molecule has 13 heavy (non-hydrogen) atoms. The van der Waals surface area contributed by atoms with E-state index >= 15 is 0 Å². The summed E-state index contributed by atoms with van der Waals surface area (Å²) >= 11 is 0. The summed E-state index contributed by atoms with van der Waals surface area (Å²) < 4.78 is 0. The summed E-state index contributed by atoms with van der Waals surface area (Å²) in [5.41, 5.74) is 0.701. The van der Waals surface area contributed by atoms with Crippen LogP contribution in [0.25, 0.3) is 0 Å². The highest BCUT2D eigenvalue weighted by Crippen LogP contribution is 2.08. The maximum absolute atomic E-state index is 11.3. The Kier molecular flexibility index (Phi) is 2.90. The van der Waals surface area contributed by atoms with Crippen molar-refractivity contribution < 1.29 is 9.59 Å². The Balaban J connectivity index is 3.19. The molecule has 1 rings (SSSR count). The Morgan fingerprint density at radius 3 is 2.69 bits per heavy atom. The van der Waals surface area contributed by atoms with Gasteiger partial charge in [-0.3, -0.25) is 14.6 Å². The topological polar surface area (TPSA) is 47.0 Å². The number of ketones is 2. The van der Waals surface area contributed by atoms with Gasteiger partial charge >= 0.3 is 0 Å². The van der Waals surface area contributed by atoms with Crippen molar-refractivity contribution in [3.63, 3.8) is 0 Å². The molecule has 1 heterocycles. The predicted molar refractivity (Wildman–Crippen MR) is 48.9 cm³/mol. The zero-order valence-electron chi connectivity index (χ0n) is 7.70.